The third-order valence-electron chi connectivity index (χ3n) is 12.2. The normalized spacial score (nSPS) is 12.1. The van der Waals surface area contributed by atoms with Crippen LogP contribution in [0.15, 0.2) is 225 Å². The van der Waals surface area contributed by atoms with Gasteiger partial charge in [0, 0.05) is 54.5 Å². The second-order valence-corrected chi connectivity index (χ2v) is 20.7. The number of imidazole rings is 1. The second-order valence-electron chi connectivity index (χ2n) is 15.7. The summed E-state index contributed by atoms with van der Waals surface area (Å²) < 4.78 is 17.9. The molecule has 0 saturated heterocycles. The first-order valence-electron chi connectivity index (χ1n) is 20.8. The largest absolute Gasteiger partial charge is 0.309 e. The van der Waals surface area contributed by atoms with Crippen LogP contribution < -0.4 is 31.8 Å². The van der Waals surface area contributed by atoms with Crippen molar-refractivity contribution in [1.29, 1.82) is 0 Å². The predicted molar refractivity (Wildman–Crippen MR) is 264 cm³/mol. The zero-order valence-corrected chi connectivity index (χ0v) is 35.3. The van der Waals surface area contributed by atoms with Gasteiger partial charge in [-0.1, -0.05) is 194 Å². The van der Waals surface area contributed by atoms with Gasteiger partial charge in [-0.15, -0.1) is 0 Å². The molecule has 0 unspecified atom stereocenters. The lowest BCUT2D eigenvalue weighted by atomic mass is 9.97. The first kappa shape index (κ1) is 36.6. The standard InChI is InChI=1S/C56H37N3OP2/c60-62(42-21-9-3-10-22-42,43-23-11-4-12-24-43)44-31-34-51-52(36-44)59-55-45-32-30-39(35-38(45)29-33-49(55)46-25-13-16-28-50(46)56(59)58-51)54-48-27-15-14-26-47(48)53(37-57-54)61(40-17-5-1-6-18-40)41-19-7-2-8-20-41/h1-37H. The number of rotatable bonds is 7. The number of hydrogen-bond donors (Lipinski definition) is 0. The zero-order chi connectivity index (χ0) is 41.2. The smallest absolute Gasteiger partial charge is 0.171 e. The Labute approximate surface area is 359 Å². The monoisotopic (exact) mass is 829 g/mol. The Balaban J connectivity index is 1.08. The summed E-state index contributed by atoms with van der Waals surface area (Å²) in [6.07, 6.45) is 2.11. The van der Waals surface area contributed by atoms with Crippen LogP contribution >= 0.6 is 15.1 Å². The minimum Gasteiger partial charge on any atom is -0.309 e. The van der Waals surface area contributed by atoms with Gasteiger partial charge in [0.15, 0.2) is 7.14 Å². The molecule has 3 heterocycles. The lowest BCUT2D eigenvalue weighted by Gasteiger charge is -2.21. The Kier molecular flexibility index (Phi) is 8.71. The summed E-state index contributed by atoms with van der Waals surface area (Å²) in [5, 5.41) is 14.1. The van der Waals surface area contributed by atoms with Crippen molar-refractivity contribution in [2.45, 2.75) is 0 Å². The van der Waals surface area contributed by atoms with Gasteiger partial charge >= 0.3 is 0 Å². The van der Waals surface area contributed by atoms with Crippen LogP contribution in [0.25, 0.3) is 71.2 Å². The molecule has 0 spiro atoms. The maximum Gasteiger partial charge on any atom is 0.171 e. The highest BCUT2D eigenvalue weighted by atomic mass is 31.2. The van der Waals surface area contributed by atoms with Gasteiger partial charge < -0.3 is 4.57 Å². The second kappa shape index (κ2) is 14.8. The molecule has 0 amide bonds. The maximum absolute atomic E-state index is 15.6. The fourth-order valence-corrected chi connectivity index (χ4v) is 14.5. The van der Waals surface area contributed by atoms with E-state index >= 15 is 4.57 Å². The SMILES string of the molecule is O=P(c1ccccc1)(c1ccccc1)c1ccc2nc3c4ccccc4c4ccc5cc(-c6ncc(P(c7ccccc7)c7ccccc7)c7ccccc67)ccc5c4n3c2c1. The van der Waals surface area contributed by atoms with Gasteiger partial charge in [-0.3, -0.25) is 9.38 Å². The Hall–Kier alpha value is -7.22. The van der Waals surface area contributed by atoms with Gasteiger partial charge in [0.2, 0.25) is 0 Å². The number of nitrogens with zero attached hydrogens (tertiary/aromatic N) is 3. The summed E-state index contributed by atoms with van der Waals surface area (Å²) in [5.74, 6) is 0. The van der Waals surface area contributed by atoms with Gasteiger partial charge in [-0.2, -0.15) is 0 Å². The summed E-state index contributed by atoms with van der Waals surface area (Å²) in [6, 6.07) is 76.1. The van der Waals surface area contributed by atoms with Crippen molar-refractivity contribution in [2.75, 3.05) is 0 Å². The zero-order valence-electron chi connectivity index (χ0n) is 33.5. The quantitative estimate of drug-likeness (QED) is 0.119. The summed E-state index contributed by atoms with van der Waals surface area (Å²) in [5.41, 5.74) is 5.75. The summed E-state index contributed by atoms with van der Waals surface area (Å²) in [7, 11) is -4.09. The Morgan fingerprint density at radius 3 is 1.68 bits per heavy atom. The summed E-state index contributed by atoms with van der Waals surface area (Å²) in [6.45, 7) is 0. The average Bonchev–Trinajstić information content (AvgIpc) is 3.74. The molecule has 12 rings (SSSR count). The van der Waals surface area contributed by atoms with Crippen LogP contribution in [0, 0.1) is 0 Å². The molecule has 0 aliphatic rings. The molecule has 9 aromatic carbocycles. The van der Waals surface area contributed by atoms with Crippen molar-refractivity contribution in [3.8, 4) is 11.3 Å². The van der Waals surface area contributed by atoms with Crippen LogP contribution in [0.1, 0.15) is 0 Å². The van der Waals surface area contributed by atoms with Crippen molar-refractivity contribution in [3.05, 3.63) is 225 Å². The van der Waals surface area contributed by atoms with Crippen molar-refractivity contribution in [3.63, 3.8) is 0 Å². The lowest BCUT2D eigenvalue weighted by Crippen LogP contribution is -2.25. The molecular weight excluding hydrogens is 793 g/mol. The van der Waals surface area contributed by atoms with Crippen LogP contribution in [-0.2, 0) is 4.57 Å². The fourth-order valence-electron chi connectivity index (χ4n) is 9.39. The van der Waals surface area contributed by atoms with Crippen LogP contribution in [0.2, 0.25) is 0 Å². The molecule has 0 radical (unpaired) electrons. The van der Waals surface area contributed by atoms with Gasteiger partial charge in [0.25, 0.3) is 0 Å². The van der Waals surface area contributed by atoms with E-state index in [0.29, 0.717) is 0 Å². The van der Waals surface area contributed by atoms with Crippen LogP contribution in [0.3, 0.4) is 0 Å². The molecule has 0 aliphatic heterocycles. The van der Waals surface area contributed by atoms with E-state index in [-0.39, 0.29) is 0 Å². The molecule has 0 fully saturated rings. The van der Waals surface area contributed by atoms with Crippen LogP contribution in [0.5, 0.6) is 0 Å². The third kappa shape index (κ3) is 5.76. The minimum atomic E-state index is -3.24. The predicted octanol–water partition coefficient (Wildman–Crippen LogP) is 11.6. The van der Waals surface area contributed by atoms with Gasteiger partial charge in [-0.05, 0) is 59.0 Å². The van der Waals surface area contributed by atoms with E-state index < -0.39 is 15.1 Å². The van der Waals surface area contributed by atoms with Crippen molar-refractivity contribution >= 4 is 107 Å². The highest BCUT2D eigenvalue weighted by Crippen LogP contribution is 2.44. The first-order chi connectivity index (χ1) is 30.6. The van der Waals surface area contributed by atoms with Crippen molar-refractivity contribution in [1.82, 2.24) is 14.4 Å². The molecule has 4 nitrogen and oxygen atoms in total. The molecule has 12 aromatic rings. The number of aromatic nitrogens is 3. The molecule has 0 bridgehead atoms. The van der Waals surface area contributed by atoms with Gasteiger partial charge in [0.1, 0.15) is 5.65 Å². The summed E-state index contributed by atoms with van der Waals surface area (Å²) in [4.78, 5) is 10.6. The minimum absolute atomic E-state index is 0.776. The lowest BCUT2D eigenvalue weighted by molar-refractivity contribution is 0.592. The Morgan fingerprint density at radius 2 is 1.02 bits per heavy atom. The Morgan fingerprint density at radius 1 is 0.452 bits per heavy atom. The molecule has 292 valence electrons. The van der Waals surface area contributed by atoms with Crippen LogP contribution in [-0.4, -0.2) is 14.4 Å². The van der Waals surface area contributed by atoms with E-state index in [1.165, 1.54) is 21.3 Å². The molecule has 0 atom stereocenters. The molecule has 0 N–H and O–H groups in total. The van der Waals surface area contributed by atoms with Crippen molar-refractivity contribution < 1.29 is 4.57 Å². The topological polar surface area (TPSA) is 47.3 Å². The highest BCUT2D eigenvalue weighted by molar-refractivity contribution is 7.85. The molecular formula is C56H37N3OP2. The van der Waals surface area contributed by atoms with E-state index in [1.807, 2.05) is 72.8 Å². The van der Waals surface area contributed by atoms with Gasteiger partial charge in [0.05, 0.1) is 22.2 Å². The number of benzene rings is 9. The van der Waals surface area contributed by atoms with E-state index in [4.69, 9.17) is 9.97 Å². The molecule has 62 heavy (non-hydrogen) atoms. The third-order valence-corrected chi connectivity index (χ3v) is 17.8. The fraction of sp³-hybridized carbons (Fsp3) is 0. The number of hydrogen-bond acceptors (Lipinski definition) is 3. The number of fused-ring (bicyclic) bond motifs is 11. The van der Waals surface area contributed by atoms with Gasteiger partial charge in [-0.25, -0.2) is 4.98 Å². The first-order valence-corrected chi connectivity index (χ1v) is 23.9. The molecule has 3 aromatic heterocycles. The van der Waals surface area contributed by atoms with E-state index in [9.17, 15) is 0 Å². The molecule has 0 aliphatic carbocycles. The average molecular weight is 830 g/mol. The molecule has 6 heteroatoms. The van der Waals surface area contributed by atoms with E-state index in [1.54, 1.807) is 0 Å². The maximum atomic E-state index is 15.6. The van der Waals surface area contributed by atoms with Crippen LogP contribution in [0.4, 0.5) is 0 Å². The van der Waals surface area contributed by atoms with Crippen molar-refractivity contribution in [2.24, 2.45) is 0 Å². The van der Waals surface area contributed by atoms with E-state index in [2.05, 4.69) is 156 Å². The molecule has 0 saturated carbocycles. The van der Waals surface area contributed by atoms with E-state index in [0.717, 1.165) is 81.7 Å². The highest BCUT2D eigenvalue weighted by Gasteiger charge is 2.31. The number of pyridine rings is 2. The Bertz CT molecular complexity index is 3640. The summed E-state index contributed by atoms with van der Waals surface area (Å²) >= 11 is 0.